The van der Waals surface area contributed by atoms with Crippen molar-refractivity contribution < 1.29 is 9.90 Å². The van der Waals surface area contributed by atoms with Crippen LogP contribution in [-0.2, 0) is 6.54 Å². The first-order valence-electron chi connectivity index (χ1n) is 7.81. The number of hydrogen-bond donors (Lipinski definition) is 2. The SMILES string of the molecule is CCCn1cc(NC(=O)N(C)C2CCC(CO)CC2)cn1. The lowest BCUT2D eigenvalue weighted by Gasteiger charge is -2.34. The molecule has 0 unspecified atom stereocenters. The molecular weight excluding hydrogens is 268 g/mol. The largest absolute Gasteiger partial charge is 0.396 e. The number of aryl methyl sites for hydroxylation is 1. The summed E-state index contributed by atoms with van der Waals surface area (Å²) in [6.07, 6.45) is 8.47. The van der Waals surface area contributed by atoms with E-state index in [-0.39, 0.29) is 18.7 Å². The molecule has 1 aliphatic rings. The van der Waals surface area contributed by atoms with E-state index in [9.17, 15) is 4.79 Å². The van der Waals surface area contributed by atoms with E-state index in [1.807, 2.05) is 17.9 Å². The first kappa shape index (κ1) is 15.8. The Morgan fingerprint density at radius 3 is 2.81 bits per heavy atom. The van der Waals surface area contributed by atoms with Crippen LogP contribution in [0.1, 0.15) is 39.0 Å². The van der Waals surface area contributed by atoms with Crippen LogP contribution in [0.4, 0.5) is 10.5 Å². The summed E-state index contributed by atoms with van der Waals surface area (Å²) in [7, 11) is 1.84. The van der Waals surface area contributed by atoms with Gasteiger partial charge in [0, 0.05) is 32.4 Å². The van der Waals surface area contributed by atoms with Gasteiger partial charge in [0.2, 0.25) is 0 Å². The van der Waals surface area contributed by atoms with Crippen LogP contribution in [0.2, 0.25) is 0 Å². The van der Waals surface area contributed by atoms with Crippen LogP contribution in [0.25, 0.3) is 0 Å². The number of anilines is 1. The minimum atomic E-state index is -0.0847. The van der Waals surface area contributed by atoms with E-state index >= 15 is 0 Å². The third-order valence-electron chi connectivity index (χ3n) is 4.28. The summed E-state index contributed by atoms with van der Waals surface area (Å²) in [5.74, 6) is 0.407. The number of hydrogen-bond acceptors (Lipinski definition) is 3. The Balaban J connectivity index is 1.84. The molecule has 1 heterocycles. The summed E-state index contributed by atoms with van der Waals surface area (Å²) >= 11 is 0. The first-order chi connectivity index (χ1) is 10.1. The van der Waals surface area contributed by atoms with Gasteiger partial charge in [0.05, 0.1) is 11.9 Å². The van der Waals surface area contributed by atoms with Gasteiger partial charge in [0.25, 0.3) is 0 Å². The van der Waals surface area contributed by atoms with Crippen LogP contribution in [0.15, 0.2) is 12.4 Å². The number of urea groups is 1. The number of aliphatic hydroxyl groups is 1. The maximum atomic E-state index is 12.3. The van der Waals surface area contributed by atoms with Gasteiger partial charge >= 0.3 is 6.03 Å². The molecule has 0 atom stereocenters. The third kappa shape index (κ3) is 4.20. The monoisotopic (exact) mass is 294 g/mol. The van der Waals surface area contributed by atoms with Gasteiger partial charge in [-0.2, -0.15) is 5.10 Å². The Bertz CT molecular complexity index is 452. The highest BCUT2D eigenvalue weighted by molar-refractivity contribution is 5.89. The zero-order chi connectivity index (χ0) is 15.2. The Hall–Kier alpha value is -1.56. The quantitative estimate of drug-likeness (QED) is 0.875. The molecule has 0 bridgehead atoms. The number of nitrogens with zero attached hydrogens (tertiary/aromatic N) is 3. The van der Waals surface area contributed by atoms with E-state index in [0.717, 1.165) is 44.3 Å². The molecule has 1 fully saturated rings. The lowest BCUT2D eigenvalue weighted by Crippen LogP contribution is -2.42. The van der Waals surface area contributed by atoms with Crippen LogP contribution in [0, 0.1) is 5.92 Å². The predicted molar refractivity (Wildman–Crippen MR) is 82.1 cm³/mol. The average Bonchev–Trinajstić information content (AvgIpc) is 2.94. The summed E-state index contributed by atoms with van der Waals surface area (Å²) < 4.78 is 1.84. The molecule has 1 aliphatic carbocycles. The van der Waals surface area contributed by atoms with Gasteiger partial charge < -0.3 is 15.3 Å². The highest BCUT2D eigenvalue weighted by Crippen LogP contribution is 2.26. The molecular formula is C15H26N4O2. The molecule has 1 saturated carbocycles. The summed E-state index contributed by atoms with van der Waals surface area (Å²) in [6.45, 7) is 3.21. The van der Waals surface area contributed by atoms with Gasteiger partial charge in [-0.05, 0) is 38.0 Å². The van der Waals surface area contributed by atoms with Crippen LogP contribution in [0.3, 0.4) is 0 Å². The second-order valence-electron chi connectivity index (χ2n) is 5.89. The minimum Gasteiger partial charge on any atom is -0.396 e. The summed E-state index contributed by atoms with van der Waals surface area (Å²) in [5, 5.41) is 16.3. The van der Waals surface area contributed by atoms with Gasteiger partial charge in [0.15, 0.2) is 0 Å². The number of rotatable bonds is 5. The molecule has 0 aromatic carbocycles. The highest BCUT2D eigenvalue weighted by Gasteiger charge is 2.26. The van der Waals surface area contributed by atoms with Gasteiger partial charge in [-0.15, -0.1) is 0 Å². The van der Waals surface area contributed by atoms with Crippen molar-refractivity contribution in [2.75, 3.05) is 19.0 Å². The minimum absolute atomic E-state index is 0.0847. The lowest BCUT2D eigenvalue weighted by molar-refractivity contribution is 0.139. The van der Waals surface area contributed by atoms with Crippen LogP contribution >= 0.6 is 0 Å². The zero-order valence-electron chi connectivity index (χ0n) is 13.0. The molecule has 0 aliphatic heterocycles. The molecule has 2 N–H and O–H groups in total. The van der Waals surface area contributed by atoms with Gasteiger partial charge in [-0.25, -0.2) is 4.79 Å². The Kier molecular flexibility index (Phi) is 5.61. The van der Waals surface area contributed by atoms with Crippen molar-refractivity contribution in [3.05, 3.63) is 12.4 Å². The molecule has 6 heteroatoms. The Morgan fingerprint density at radius 1 is 1.48 bits per heavy atom. The second kappa shape index (κ2) is 7.45. The molecule has 118 valence electrons. The number of amides is 2. The van der Waals surface area contributed by atoms with Crippen LogP contribution in [-0.4, -0.2) is 45.5 Å². The van der Waals surface area contributed by atoms with E-state index in [1.54, 1.807) is 11.1 Å². The van der Waals surface area contributed by atoms with Crippen LogP contribution < -0.4 is 5.32 Å². The maximum absolute atomic E-state index is 12.3. The first-order valence-corrected chi connectivity index (χ1v) is 7.81. The number of carbonyl (C=O) groups is 1. The normalized spacial score (nSPS) is 22.0. The predicted octanol–water partition coefficient (Wildman–Crippen LogP) is 2.31. The molecule has 0 radical (unpaired) electrons. The van der Waals surface area contributed by atoms with E-state index < -0.39 is 0 Å². The molecule has 0 spiro atoms. The van der Waals surface area contributed by atoms with E-state index in [4.69, 9.17) is 5.11 Å². The average molecular weight is 294 g/mol. The van der Waals surface area contributed by atoms with Crippen molar-refractivity contribution in [2.45, 2.75) is 51.6 Å². The molecule has 0 saturated heterocycles. The Morgan fingerprint density at radius 2 is 2.19 bits per heavy atom. The van der Waals surface area contributed by atoms with E-state index in [1.165, 1.54) is 0 Å². The second-order valence-corrected chi connectivity index (χ2v) is 5.89. The number of aromatic nitrogens is 2. The van der Waals surface area contributed by atoms with Gasteiger partial charge in [0.1, 0.15) is 0 Å². The number of aliphatic hydroxyl groups excluding tert-OH is 1. The van der Waals surface area contributed by atoms with Crippen molar-refractivity contribution in [1.82, 2.24) is 14.7 Å². The molecule has 21 heavy (non-hydrogen) atoms. The standard InChI is InChI=1S/C15H26N4O2/c1-3-8-19-10-13(9-16-19)17-15(21)18(2)14-6-4-12(11-20)5-7-14/h9-10,12,14,20H,3-8,11H2,1-2H3,(H,17,21). The zero-order valence-corrected chi connectivity index (χ0v) is 13.0. The Labute approximate surface area is 126 Å². The summed E-state index contributed by atoms with van der Waals surface area (Å²) in [4.78, 5) is 14.0. The molecule has 2 rings (SSSR count). The van der Waals surface area contributed by atoms with Crippen molar-refractivity contribution in [2.24, 2.45) is 5.92 Å². The number of nitrogens with one attached hydrogen (secondary N) is 1. The topological polar surface area (TPSA) is 70.4 Å². The smallest absolute Gasteiger partial charge is 0.321 e. The fraction of sp³-hybridized carbons (Fsp3) is 0.733. The van der Waals surface area contributed by atoms with E-state index in [2.05, 4.69) is 17.3 Å². The molecule has 1 aromatic heterocycles. The fourth-order valence-electron chi connectivity index (χ4n) is 2.87. The summed E-state index contributed by atoms with van der Waals surface area (Å²) in [5.41, 5.74) is 0.740. The van der Waals surface area contributed by atoms with E-state index in [0.29, 0.717) is 5.92 Å². The molecule has 6 nitrogen and oxygen atoms in total. The maximum Gasteiger partial charge on any atom is 0.321 e. The molecule has 2 amide bonds. The molecule has 1 aromatic rings. The highest BCUT2D eigenvalue weighted by atomic mass is 16.3. The van der Waals surface area contributed by atoms with Crippen molar-refractivity contribution in [3.8, 4) is 0 Å². The van der Waals surface area contributed by atoms with Crippen LogP contribution in [0.5, 0.6) is 0 Å². The van der Waals surface area contributed by atoms with Crippen molar-refractivity contribution in [3.63, 3.8) is 0 Å². The summed E-state index contributed by atoms with van der Waals surface area (Å²) in [6, 6.07) is 0.178. The van der Waals surface area contributed by atoms with Gasteiger partial charge in [-0.1, -0.05) is 6.92 Å². The number of carbonyl (C=O) groups excluding carboxylic acids is 1. The third-order valence-corrected chi connectivity index (χ3v) is 4.28. The lowest BCUT2D eigenvalue weighted by atomic mass is 9.86. The van der Waals surface area contributed by atoms with Crippen molar-refractivity contribution in [1.29, 1.82) is 0 Å². The van der Waals surface area contributed by atoms with Gasteiger partial charge in [-0.3, -0.25) is 4.68 Å². The van der Waals surface area contributed by atoms with Crippen molar-refractivity contribution >= 4 is 11.7 Å². The fourth-order valence-corrected chi connectivity index (χ4v) is 2.87.